The Labute approximate surface area is 138 Å². The van der Waals surface area contributed by atoms with Gasteiger partial charge in [0.25, 0.3) is 0 Å². The molecular weight excluding hydrogens is 325 g/mol. The van der Waals surface area contributed by atoms with Gasteiger partial charge in [0.05, 0.1) is 13.2 Å². The van der Waals surface area contributed by atoms with Crippen LogP contribution in [0.5, 0.6) is 0 Å². The number of benzene rings is 1. The molecule has 1 aromatic carbocycles. The first-order valence-corrected chi connectivity index (χ1v) is 7.69. The van der Waals surface area contributed by atoms with Crippen molar-refractivity contribution in [2.45, 2.75) is 6.54 Å². The fraction of sp³-hybridized carbons (Fsp3) is 0.357. The highest BCUT2D eigenvalue weighted by molar-refractivity contribution is 6.30. The van der Waals surface area contributed by atoms with Crippen LogP contribution < -0.4 is 10.2 Å². The van der Waals surface area contributed by atoms with Crippen LogP contribution in [0.4, 0.5) is 11.9 Å². The molecule has 0 aliphatic carbocycles. The fourth-order valence-electron chi connectivity index (χ4n) is 2.15. The van der Waals surface area contributed by atoms with Crippen molar-refractivity contribution in [3.63, 3.8) is 0 Å². The molecule has 8 heteroatoms. The average Bonchev–Trinajstić information content (AvgIpc) is 2.53. The number of anilines is 2. The molecule has 3 rings (SSSR count). The zero-order chi connectivity index (χ0) is 15.4. The minimum absolute atomic E-state index is 0.171. The number of nitrogens with zero attached hydrogens (tertiary/aromatic N) is 4. The number of morpholine rings is 1. The van der Waals surface area contributed by atoms with Crippen molar-refractivity contribution in [3.8, 4) is 0 Å². The first kappa shape index (κ1) is 15.3. The predicted octanol–water partition coefficient (Wildman–Crippen LogP) is 2.63. The fourth-order valence-corrected chi connectivity index (χ4v) is 2.52. The van der Waals surface area contributed by atoms with E-state index in [9.17, 15) is 0 Å². The van der Waals surface area contributed by atoms with Crippen molar-refractivity contribution >= 4 is 35.1 Å². The van der Waals surface area contributed by atoms with Crippen molar-refractivity contribution in [2.75, 3.05) is 36.5 Å². The highest BCUT2D eigenvalue weighted by Crippen LogP contribution is 2.16. The lowest BCUT2D eigenvalue weighted by Gasteiger charge is -2.26. The van der Waals surface area contributed by atoms with Crippen LogP contribution in [0.2, 0.25) is 10.3 Å². The molecule has 1 aromatic heterocycles. The molecule has 1 saturated heterocycles. The van der Waals surface area contributed by atoms with Crippen molar-refractivity contribution in [3.05, 3.63) is 40.1 Å². The largest absolute Gasteiger partial charge is 0.378 e. The summed E-state index contributed by atoms with van der Waals surface area (Å²) in [6.07, 6.45) is 0. The van der Waals surface area contributed by atoms with E-state index < -0.39 is 0 Å². The van der Waals surface area contributed by atoms with E-state index in [1.807, 2.05) is 29.2 Å². The number of aromatic nitrogens is 3. The van der Waals surface area contributed by atoms with Crippen molar-refractivity contribution in [1.82, 2.24) is 15.0 Å². The Hall–Kier alpha value is -1.63. The van der Waals surface area contributed by atoms with Gasteiger partial charge in [-0.15, -0.1) is 0 Å². The van der Waals surface area contributed by atoms with E-state index in [4.69, 9.17) is 27.9 Å². The molecule has 0 amide bonds. The first-order valence-electron chi connectivity index (χ1n) is 6.93. The lowest BCUT2D eigenvalue weighted by atomic mass is 10.2. The Kier molecular flexibility index (Phi) is 4.92. The normalized spacial score (nSPS) is 14.9. The lowest BCUT2D eigenvalue weighted by molar-refractivity contribution is 0.122. The van der Waals surface area contributed by atoms with Gasteiger partial charge in [-0.3, -0.25) is 0 Å². The monoisotopic (exact) mass is 339 g/mol. The van der Waals surface area contributed by atoms with E-state index in [0.29, 0.717) is 36.7 Å². The third-order valence-electron chi connectivity index (χ3n) is 3.23. The smallest absolute Gasteiger partial charge is 0.231 e. The molecule has 2 aromatic rings. The van der Waals surface area contributed by atoms with Crippen LogP contribution in [-0.4, -0.2) is 41.3 Å². The zero-order valence-electron chi connectivity index (χ0n) is 11.8. The quantitative estimate of drug-likeness (QED) is 0.923. The summed E-state index contributed by atoms with van der Waals surface area (Å²) in [5, 5.41) is 4.01. The summed E-state index contributed by atoms with van der Waals surface area (Å²) in [6, 6.07) is 7.60. The van der Waals surface area contributed by atoms with E-state index >= 15 is 0 Å². The number of hydrogen-bond acceptors (Lipinski definition) is 6. The number of rotatable bonds is 4. The highest BCUT2D eigenvalue weighted by atomic mass is 35.5. The Bertz CT molecular complexity index is 649. The van der Waals surface area contributed by atoms with E-state index in [-0.39, 0.29) is 5.28 Å². The third-order valence-corrected chi connectivity index (χ3v) is 3.63. The number of halogens is 2. The van der Waals surface area contributed by atoms with Crippen LogP contribution in [0.15, 0.2) is 24.3 Å². The van der Waals surface area contributed by atoms with Gasteiger partial charge < -0.3 is 15.0 Å². The summed E-state index contributed by atoms with van der Waals surface area (Å²) in [7, 11) is 0. The molecule has 6 nitrogen and oxygen atoms in total. The molecule has 0 bridgehead atoms. The topological polar surface area (TPSA) is 63.2 Å². The highest BCUT2D eigenvalue weighted by Gasteiger charge is 2.16. The Morgan fingerprint density at radius 3 is 2.73 bits per heavy atom. The van der Waals surface area contributed by atoms with Gasteiger partial charge in [-0.2, -0.15) is 15.0 Å². The van der Waals surface area contributed by atoms with Crippen LogP contribution in [0, 0.1) is 0 Å². The number of ether oxygens (including phenoxy) is 1. The Morgan fingerprint density at radius 1 is 1.14 bits per heavy atom. The summed E-state index contributed by atoms with van der Waals surface area (Å²) < 4.78 is 5.32. The van der Waals surface area contributed by atoms with Crippen LogP contribution in [0.25, 0.3) is 0 Å². The number of nitrogens with one attached hydrogen (secondary N) is 1. The SMILES string of the molecule is Clc1cccc(CNc2nc(Cl)nc(N3CCOCC3)n2)c1. The van der Waals surface area contributed by atoms with Gasteiger partial charge in [0.15, 0.2) is 0 Å². The Morgan fingerprint density at radius 2 is 1.95 bits per heavy atom. The molecular formula is C14H15Cl2N5O. The van der Waals surface area contributed by atoms with Crippen molar-refractivity contribution in [1.29, 1.82) is 0 Å². The van der Waals surface area contributed by atoms with E-state index in [1.165, 1.54) is 0 Å². The second kappa shape index (κ2) is 7.09. The molecule has 0 spiro atoms. The summed E-state index contributed by atoms with van der Waals surface area (Å²) in [5.74, 6) is 1.01. The molecule has 1 aliphatic rings. The first-order chi connectivity index (χ1) is 10.7. The molecule has 2 heterocycles. The maximum absolute atomic E-state index is 5.99. The molecule has 0 saturated carbocycles. The Balaban J connectivity index is 1.71. The third kappa shape index (κ3) is 3.97. The predicted molar refractivity (Wildman–Crippen MR) is 86.6 cm³/mol. The van der Waals surface area contributed by atoms with Crippen molar-refractivity contribution < 1.29 is 4.74 Å². The maximum atomic E-state index is 5.99. The van der Waals surface area contributed by atoms with Gasteiger partial charge in [0, 0.05) is 24.7 Å². The second-order valence-electron chi connectivity index (χ2n) is 4.81. The van der Waals surface area contributed by atoms with Gasteiger partial charge in [-0.25, -0.2) is 0 Å². The average molecular weight is 340 g/mol. The van der Waals surface area contributed by atoms with E-state index in [2.05, 4.69) is 20.3 Å². The molecule has 1 aliphatic heterocycles. The second-order valence-corrected chi connectivity index (χ2v) is 5.59. The van der Waals surface area contributed by atoms with Gasteiger partial charge in [0.2, 0.25) is 17.2 Å². The summed E-state index contributed by atoms with van der Waals surface area (Å²) in [4.78, 5) is 14.7. The van der Waals surface area contributed by atoms with Crippen molar-refractivity contribution in [2.24, 2.45) is 0 Å². The summed E-state index contributed by atoms with van der Waals surface area (Å²) in [5.41, 5.74) is 1.04. The van der Waals surface area contributed by atoms with Crippen LogP contribution >= 0.6 is 23.2 Å². The molecule has 116 valence electrons. The molecule has 1 fully saturated rings. The summed E-state index contributed by atoms with van der Waals surface area (Å²) >= 11 is 12.0. The standard InChI is InChI=1S/C14H15Cl2N5O/c15-11-3-1-2-10(8-11)9-17-13-18-12(16)19-14(20-13)21-4-6-22-7-5-21/h1-3,8H,4-7,9H2,(H,17,18,19,20). The van der Waals surface area contributed by atoms with Gasteiger partial charge in [0.1, 0.15) is 0 Å². The van der Waals surface area contributed by atoms with Gasteiger partial charge in [-0.1, -0.05) is 23.7 Å². The number of hydrogen-bond donors (Lipinski definition) is 1. The van der Waals surface area contributed by atoms with Crippen LogP contribution in [-0.2, 0) is 11.3 Å². The summed E-state index contributed by atoms with van der Waals surface area (Å²) in [6.45, 7) is 3.37. The van der Waals surface area contributed by atoms with Gasteiger partial charge >= 0.3 is 0 Å². The minimum Gasteiger partial charge on any atom is -0.378 e. The zero-order valence-corrected chi connectivity index (χ0v) is 13.3. The molecule has 0 unspecified atom stereocenters. The molecule has 1 N–H and O–H groups in total. The molecule has 0 atom stereocenters. The van der Waals surface area contributed by atoms with Gasteiger partial charge in [-0.05, 0) is 29.3 Å². The van der Waals surface area contributed by atoms with E-state index in [0.717, 1.165) is 18.7 Å². The minimum atomic E-state index is 0.171. The maximum Gasteiger partial charge on any atom is 0.231 e. The molecule has 0 radical (unpaired) electrons. The lowest BCUT2D eigenvalue weighted by Crippen LogP contribution is -2.37. The van der Waals surface area contributed by atoms with Crippen LogP contribution in [0.3, 0.4) is 0 Å². The van der Waals surface area contributed by atoms with Crippen LogP contribution in [0.1, 0.15) is 5.56 Å². The molecule has 22 heavy (non-hydrogen) atoms. The van der Waals surface area contributed by atoms with E-state index in [1.54, 1.807) is 0 Å².